The highest BCUT2D eigenvalue weighted by Gasteiger charge is 2.36. The van der Waals surface area contributed by atoms with Gasteiger partial charge in [0.05, 0.1) is 17.5 Å². The number of hydrogen-bond donors (Lipinski definition) is 1. The Labute approximate surface area is 165 Å². The molecule has 3 atom stereocenters. The molecule has 1 N–H and O–H groups in total. The molecule has 5 heteroatoms. The summed E-state index contributed by atoms with van der Waals surface area (Å²) >= 11 is 0. The highest BCUT2D eigenvalue weighted by atomic mass is 19.1. The van der Waals surface area contributed by atoms with Gasteiger partial charge in [-0.25, -0.2) is 4.39 Å². The number of amides is 2. The van der Waals surface area contributed by atoms with Crippen LogP contribution in [0.3, 0.4) is 0 Å². The topological polar surface area (TPSA) is 49.4 Å². The van der Waals surface area contributed by atoms with E-state index in [2.05, 4.69) is 5.32 Å². The zero-order valence-corrected chi connectivity index (χ0v) is 16.4. The molecule has 0 aromatic heterocycles. The molecule has 0 spiro atoms. The molecule has 1 fully saturated rings. The molecular formula is C23H27FN2O2. The second kappa shape index (κ2) is 9.00. The molecule has 0 unspecified atom stereocenters. The van der Waals surface area contributed by atoms with Crippen LogP contribution in [0.4, 0.5) is 4.39 Å². The van der Waals surface area contributed by atoms with Crippen LogP contribution in [0.2, 0.25) is 0 Å². The molecule has 4 nitrogen and oxygen atoms in total. The van der Waals surface area contributed by atoms with Crippen LogP contribution in [0.5, 0.6) is 0 Å². The second-order valence-electron chi connectivity index (χ2n) is 7.46. The number of likely N-dealkylation sites (tertiary alicyclic amines) is 1. The molecule has 2 amide bonds. The Morgan fingerprint density at radius 2 is 1.79 bits per heavy atom. The van der Waals surface area contributed by atoms with Crippen LogP contribution in [-0.4, -0.2) is 29.3 Å². The van der Waals surface area contributed by atoms with Gasteiger partial charge < -0.3 is 10.2 Å². The molecule has 1 saturated heterocycles. The van der Waals surface area contributed by atoms with Gasteiger partial charge in [0.2, 0.25) is 5.91 Å². The summed E-state index contributed by atoms with van der Waals surface area (Å²) in [5.74, 6) is -1.23. The van der Waals surface area contributed by atoms with Crippen molar-refractivity contribution in [3.05, 3.63) is 71.5 Å². The zero-order chi connectivity index (χ0) is 20.1. The van der Waals surface area contributed by atoms with Crippen molar-refractivity contribution in [1.29, 1.82) is 0 Å². The number of carbonyl (C=O) groups is 2. The van der Waals surface area contributed by atoms with Crippen molar-refractivity contribution < 1.29 is 14.0 Å². The van der Waals surface area contributed by atoms with Crippen LogP contribution in [0.1, 0.15) is 55.1 Å². The molecule has 0 bridgehead atoms. The molecule has 148 valence electrons. The van der Waals surface area contributed by atoms with Crippen molar-refractivity contribution in [1.82, 2.24) is 10.2 Å². The van der Waals surface area contributed by atoms with Crippen LogP contribution in [-0.2, 0) is 4.79 Å². The van der Waals surface area contributed by atoms with Crippen molar-refractivity contribution in [2.24, 2.45) is 5.92 Å². The molecule has 1 aliphatic rings. The van der Waals surface area contributed by atoms with Gasteiger partial charge in [-0.1, -0.05) is 49.4 Å². The smallest absolute Gasteiger partial charge is 0.257 e. The van der Waals surface area contributed by atoms with E-state index in [-0.39, 0.29) is 41.9 Å². The van der Waals surface area contributed by atoms with E-state index in [1.54, 1.807) is 17.0 Å². The molecular weight excluding hydrogens is 355 g/mol. The highest BCUT2D eigenvalue weighted by molar-refractivity contribution is 5.95. The average molecular weight is 382 g/mol. The van der Waals surface area contributed by atoms with Gasteiger partial charge in [0.1, 0.15) is 5.82 Å². The summed E-state index contributed by atoms with van der Waals surface area (Å²) in [6, 6.07) is 15.7. The summed E-state index contributed by atoms with van der Waals surface area (Å²) in [6.45, 7) is 4.27. The average Bonchev–Trinajstić information content (AvgIpc) is 2.73. The van der Waals surface area contributed by atoms with Gasteiger partial charge >= 0.3 is 0 Å². The maximum absolute atomic E-state index is 14.3. The Balaban J connectivity index is 1.88. The Hall–Kier alpha value is -2.69. The number of hydrogen-bond acceptors (Lipinski definition) is 2. The maximum Gasteiger partial charge on any atom is 0.257 e. The number of rotatable bonds is 5. The third-order valence-corrected chi connectivity index (χ3v) is 5.50. The van der Waals surface area contributed by atoms with E-state index in [9.17, 15) is 14.0 Å². The molecule has 1 heterocycles. The van der Waals surface area contributed by atoms with Crippen LogP contribution in [0.15, 0.2) is 54.6 Å². The van der Waals surface area contributed by atoms with Gasteiger partial charge in [-0.2, -0.15) is 0 Å². The maximum atomic E-state index is 14.3. The highest BCUT2D eigenvalue weighted by Crippen LogP contribution is 2.35. The number of halogens is 1. The molecule has 0 aliphatic carbocycles. The Morgan fingerprint density at radius 3 is 2.46 bits per heavy atom. The van der Waals surface area contributed by atoms with Gasteiger partial charge in [-0.05, 0) is 43.9 Å². The van der Waals surface area contributed by atoms with E-state index in [0.717, 1.165) is 12.0 Å². The number of nitrogens with zero attached hydrogens (tertiary/aromatic N) is 1. The molecule has 1 aliphatic heterocycles. The quantitative estimate of drug-likeness (QED) is 0.837. The summed E-state index contributed by atoms with van der Waals surface area (Å²) < 4.78 is 14.3. The van der Waals surface area contributed by atoms with E-state index < -0.39 is 5.82 Å². The number of carbonyl (C=O) groups excluding carboxylic acids is 2. The van der Waals surface area contributed by atoms with Crippen LogP contribution in [0.25, 0.3) is 0 Å². The van der Waals surface area contributed by atoms with Crippen molar-refractivity contribution in [2.75, 3.05) is 6.54 Å². The first-order valence-electron chi connectivity index (χ1n) is 9.92. The van der Waals surface area contributed by atoms with E-state index >= 15 is 0 Å². The Kier molecular flexibility index (Phi) is 6.45. The predicted octanol–water partition coefficient (Wildman–Crippen LogP) is 4.33. The lowest BCUT2D eigenvalue weighted by Crippen LogP contribution is -2.48. The first kappa shape index (κ1) is 20.1. The van der Waals surface area contributed by atoms with E-state index in [1.165, 1.54) is 12.1 Å². The SMILES string of the molecule is CC[C@H](C)NC(=O)[C@@H]1CC[C@@H](c2ccccc2)N(C(=O)c2ccccc2F)C1. The van der Waals surface area contributed by atoms with E-state index in [1.807, 2.05) is 44.2 Å². The third kappa shape index (κ3) is 4.41. The van der Waals surface area contributed by atoms with Crippen molar-refractivity contribution in [3.63, 3.8) is 0 Å². The minimum atomic E-state index is -0.537. The van der Waals surface area contributed by atoms with Gasteiger partial charge in [-0.3, -0.25) is 9.59 Å². The summed E-state index contributed by atoms with van der Waals surface area (Å²) in [7, 11) is 0. The lowest BCUT2D eigenvalue weighted by Gasteiger charge is -2.40. The second-order valence-corrected chi connectivity index (χ2v) is 7.46. The van der Waals surface area contributed by atoms with Crippen LogP contribution >= 0.6 is 0 Å². The summed E-state index contributed by atoms with van der Waals surface area (Å²) in [5.41, 5.74) is 1.05. The van der Waals surface area contributed by atoms with Gasteiger partial charge in [0.25, 0.3) is 5.91 Å². The fraction of sp³-hybridized carbons (Fsp3) is 0.391. The van der Waals surface area contributed by atoms with Gasteiger partial charge in [0, 0.05) is 12.6 Å². The van der Waals surface area contributed by atoms with Crippen molar-refractivity contribution in [3.8, 4) is 0 Å². The van der Waals surface area contributed by atoms with Crippen LogP contribution in [0, 0.1) is 11.7 Å². The first-order chi connectivity index (χ1) is 13.5. The zero-order valence-electron chi connectivity index (χ0n) is 16.4. The van der Waals surface area contributed by atoms with Crippen molar-refractivity contribution in [2.45, 2.75) is 45.2 Å². The summed E-state index contributed by atoms with van der Waals surface area (Å²) in [6.07, 6.45) is 2.22. The van der Waals surface area contributed by atoms with E-state index in [0.29, 0.717) is 12.8 Å². The van der Waals surface area contributed by atoms with Crippen molar-refractivity contribution >= 4 is 11.8 Å². The third-order valence-electron chi connectivity index (χ3n) is 5.50. The summed E-state index contributed by atoms with van der Waals surface area (Å²) in [4.78, 5) is 27.5. The summed E-state index contributed by atoms with van der Waals surface area (Å²) in [5, 5.41) is 3.01. The predicted molar refractivity (Wildman–Crippen MR) is 107 cm³/mol. The van der Waals surface area contributed by atoms with Gasteiger partial charge in [0.15, 0.2) is 0 Å². The fourth-order valence-electron chi connectivity index (χ4n) is 3.68. The standard InChI is InChI=1S/C23H27FN2O2/c1-3-16(2)25-22(27)18-13-14-21(17-9-5-4-6-10-17)26(15-18)23(28)19-11-7-8-12-20(19)24/h4-12,16,18,21H,3,13-15H2,1-2H3,(H,25,27)/t16-,18+,21-/m0/s1. The molecule has 0 saturated carbocycles. The molecule has 3 rings (SSSR count). The molecule has 0 radical (unpaired) electrons. The molecule has 28 heavy (non-hydrogen) atoms. The Morgan fingerprint density at radius 1 is 1.11 bits per heavy atom. The van der Waals surface area contributed by atoms with E-state index in [4.69, 9.17) is 0 Å². The lowest BCUT2D eigenvalue weighted by molar-refractivity contribution is -0.127. The molecule has 2 aromatic rings. The Bertz CT molecular complexity index is 824. The molecule has 2 aromatic carbocycles. The largest absolute Gasteiger partial charge is 0.353 e. The van der Waals surface area contributed by atoms with Crippen LogP contribution < -0.4 is 5.32 Å². The normalized spacial score (nSPS) is 20.5. The van der Waals surface area contributed by atoms with Gasteiger partial charge in [-0.15, -0.1) is 0 Å². The fourth-order valence-corrected chi connectivity index (χ4v) is 3.68. The number of piperidine rings is 1. The minimum Gasteiger partial charge on any atom is -0.353 e. The number of benzene rings is 2. The first-order valence-corrected chi connectivity index (χ1v) is 9.92. The monoisotopic (exact) mass is 382 g/mol. The minimum absolute atomic E-state index is 0.0350. The lowest BCUT2D eigenvalue weighted by atomic mass is 9.87. The number of nitrogens with one attached hydrogen (secondary N) is 1.